The smallest absolute Gasteiger partial charge is 0.336 e. The topological polar surface area (TPSA) is 76.4 Å². The van der Waals surface area contributed by atoms with Crippen LogP contribution in [0, 0.1) is 6.92 Å². The molecule has 1 atom stereocenters. The average molecular weight is 343 g/mol. The van der Waals surface area contributed by atoms with E-state index < -0.39 is 15.6 Å². The van der Waals surface area contributed by atoms with Crippen LogP contribution >= 0.6 is 0 Å². The van der Waals surface area contributed by atoms with E-state index in [1.165, 1.54) is 24.3 Å². The fraction of sp³-hybridized carbons (Fsp3) is 0.167. The average Bonchev–Trinajstić information content (AvgIpc) is 2.54. The molecule has 1 unspecified atom stereocenters. The first kappa shape index (κ1) is 16.4. The van der Waals surface area contributed by atoms with Gasteiger partial charge < -0.3 is 4.42 Å². The molecule has 0 aliphatic heterocycles. The van der Waals surface area contributed by atoms with E-state index in [9.17, 15) is 13.2 Å². The van der Waals surface area contributed by atoms with Crippen LogP contribution in [-0.2, 0) is 10.0 Å². The van der Waals surface area contributed by atoms with E-state index in [0.29, 0.717) is 11.0 Å². The SMILES string of the molecule is Cc1ccccc1C(C)NS(=O)(=O)c1ccc2oc(=O)ccc2c1. The number of benzene rings is 2. The molecule has 0 bridgehead atoms. The molecule has 5 nitrogen and oxygen atoms in total. The maximum Gasteiger partial charge on any atom is 0.336 e. The molecule has 24 heavy (non-hydrogen) atoms. The maximum absolute atomic E-state index is 12.6. The van der Waals surface area contributed by atoms with Crippen molar-refractivity contribution in [2.75, 3.05) is 0 Å². The van der Waals surface area contributed by atoms with E-state index in [0.717, 1.165) is 11.1 Å². The quantitative estimate of drug-likeness (QED) is 0.738. The molecule has 0 fully saturated rings. The van der Waals surface area contributed by atoms with Crippen molar-refractivity contribution in [1.82, 2.24) is 4.72 Å². The van der Waals surface area contributed by atoms with Crippen LogP contribution in [0.1, 0.15) is 24.1 Å². The highest BCUT2D eigenvalue weighted by Crippen LogP contribution is 2.22. The Hall–Kier alpha value is -2.44. The van der Waals surface area contributed by atoms with Crippen LogP contribution < -0.4 is 10.3 Å². The lowest BCUT2D eigenvalue weighted by atomic mass is 10.0. The summed E-state index contributed by atoms with van der Waals surface area (Å²) in [4.78, 5) is 11.3. The lowest BCUT2D eigenvalue weighted by Gasteiger charge is -2.17. The second-order valence-electron chi connectivity index (χ2n) is 5.65. The third-order valence-electron chi connectivity index (χ3n) is 3.89. The molecule has 0 aliphatic carbocycles. The summed E-state index contributed by atoms with van der Waals surface area (Å²) in [5.74, 6) is 0. The molecule has 0 saturated heterocycles. The van der Waals surface area contributed by atoms with Gasteiger partial charge in [0, 0.05) is 17.5 Å². The van der Waals surface area contributed by atoms with Gasteiger partial charge in [0.25, 0.3) is 0 Å². The van der Waals surface area contributed by atoms with Gasteiger partial charge in [-0.05, 0) is 49.2 Å². The van der Waals surface area contributed by atoms with Crippen molar-refractivity contribution in [1.29, 1.82) is 0 Å². The van der Waals surface area contributed by atoms with Crippen LogP contribution in [0.5, 0.6) is 0 Å². The first-order valence-corrected chi connectivity index (χ1v) is 8.97. The Labute approximate surface area is 140 Å². The van der Waals surface area contributed by atoms with Gasteiger partial charge in [0.2, 0.25) is 10.0 Å². The number of aryl methyl sites for hydroxylation is 1. The van der Waals surface area contributed by atoms with Gasteiger partial charge in [0.1, 0.15) is 5.58 Å². The molecular formula is C18H17NO4S. The molecule has 1 N–H and O–H groups in total. The molecule has 1 heterocycles. The molecule has 0 spiro atoms. The number of hydrogen-bond donors (Lipinski definition) is 1. The van der Waals surface area contributed by atoms with Crippen molar-refractivity contribution in [3.63, 3.8) is 0 Å². The van der Waals surface area contributed by atoms with Crippen molar-refractivity contribution < 1.29 is 12.8 Å². The Bertz CT molecular complexity index is 1050. The van der Waals surface area contributed by atoms with Crippen LogP contribution in [-0.4, -0.2) is 8.42 Å². The van der Waals surface area contributed by atoms with Gasteiger partial charge in [-0.15, -0.1) is 0 Å². The van der Waals surface area contributed by atoms with E-state index in [1.54, 1.807) is 13.0 Å². The van der Waals surface area contributed by atoms with Gasteiger partial charge in [0.15, 0.2) is 0 Å². The Kier molecular flexibility index (Phi) is 4.26. The van der Waals surface area contributed by atoms with Crippen molar-refractivity contribution in [3.05, 3.63) is 76.1 Å². The molecule has 0 amide bonds. The molecular weight excluding hydrogens is 326 g/mol. The summed E-state index contributed by atoms with van der Waals surface area (Å²) in [5, 5.41) is 0.556. The Morgan fingerprint density at radius 3 is 2.54 bits per heavy atom. The predicted molar refractivity (Wildman–Crippen MR) is 92.4 cm³/mol. The molecule has 1 aromatic heterocycles. The minimum absolute atomic E-state index is 0.129. The summed E-state index contributed by atoms with van der Waals surface area (Å²) in [6.07, 6.45) is 0. The number of rotatable bonds is 4. The van der Waals surface area contributed by atoms with Crippen molar-refractivity contribution in [3.8, 4) is 0 Å². The lowest BCUT2D eigenvalue weighted by molar-refractivity contribution is 0.559. The predicted octanol–water partition coefficient (Wildman–Crippen LogP) is 3.14. The van der Waals surface area contributed by atoms with E-state index in [2.05, 4.69) is 4.72 Å². The summed E-state index contributed by atoms with van der Waals surface area (Å²) in [5.41, 5.74) is 1.83. The number of nitrogens with one attached hydrogen (secondary N) is 1. The summed E-state index contributed by atoms with van der Waals surface area (Å²) in [7, 11) is -3.70. The summed E-state index contributed by atoms with van der Waals surface area (Å²) in [6, 6.07) is 14.5. The van der Waals surface area contributed by atoms with E-state index in [1.807, 2.05) is 31.2 Å². The summed E-state index contributed by atoms with van der Waals surface area (Å²) < 4.78 is 33.0. The third-order valence-corrected chi connectivity index (χ3v) is 5.43. The van der Waals surface area contributed by atoms with Crippen molar-refractivity contribution in [2.24, 2.45) is 0 Å². The molecule has 2 aromatic carbocycles. The zero-order valence-corrected chi connectivity index (χ0v) is 14.1. The molecule has 124 valence electrons. The van der Waals surface area contributed by atoms with Crippen LogP contribution in [0.4, 0.5) is 0 Å². The molecule has 3 rings (SSSR count). The highest BCUT2D eigenvalue weighted by Gasteiger charge is 2.19. The van der Waals surface area contributed by atoms with Crippen molar-refractivity contribution in [2.45, 2.75) is 24.8 Å². The second-order valence-corrected chi connectivity index (χ2v) is 7.37. The van der Waals surface area contributed by atoms with E-state index >= 15 is 0 Å². The molecule has 0 radical (unpaired) electrons. The first-order chi connectivity index (χ1) is 11.4. The monoisotopic (exact) mass is 343 g/mol. The molecule has 0 aliphatic rings. The minimum Gasteiger partial charge on any atom is -0.423 e. The Morgan fingerprint density at radius 1 is 1.04 bits per heavy atom. The number of sulfonamides is 1. The fourth-order valence-corrected chi connectivity index (χ4v) is 3.91. The van der Waals surface area contributed by atoms with E-state index in [4.69, 9.17) is 4.42 Å². The van der Waals surface area contributed by atoms with Gasteiger partial charge in [0.05, 0.1) is 4.90 Å². The number of fused-ring (bicyclic) bond motifs is 1. The summed E-state index contributed by atoms with van der Waals surface area (Å²) in [6.45, 7) is 3.75. The zero-order valence-electron chi connectivity index (χ0n) is 13.3. The van der Waals surface area contributed by atoms with Gasteiger partial charge in [-0.1, -0.05) is 24.3 Å². The standard InChI is InChI=1S/C18H17NO4S/c1-12-5-3-4-6-16(12)13(2)19-24(21,22)15-8-9-17-14(11-15)7-10-18(20)23-17/h3-11,13,19H,1-2H3. The van der Waals surface area contributed by atoms with Crippen molar-refractivity contribution >= 4 is 21.0 Å². The molecule has 6 heteroatoms. The van der Waals surface area contributed by atoms with Crippen LogP contribution in [0.25, 0.3) is 11.0 Å². The van der Waals surface area contributed by atoms with Gasteiger partial charge in [-0.25, -0.2) is 17.9 Å². The molecule has 3 aromatic rings. The maximum atomic E-state index is 12.6. The zero-order chi connectivity index (χ0) is 17.3. The van der Waals surface area contributed by atoms with Crippen LogP contribution in [0.3, 0.4) is 0 Å². The largest absolute Gasteiger partial charge is 0.423 e. The minimum atomic E-state index is -3.70. The highest BCUT2D eigenvalue weighted by atomic mass is 32.2. The van der Waals surface area contributed by atoms with Crippen LogP contribution in [0.2, 0.25) is 0 Å². The van der Waals surface area contributed by atoms with Gasteiger partial charge in [-0.2, -0.15) is 0 Å². The van der Waals surface area contributed by atoms with Gasteiger partial charge in [-0.3, -0.25) is 0 Å². The number of hydrogen-bond acceptors (Lipinski definition) is 4. The summed E-state index contributed by atoms with van der Waals surface area (Å²) >= 11 is 0. The van der Waals surface area contributed by atoms with Crippen LogP contribution in [0.15, 0.2) is 68.7 Å². The Morgan fingerprint density at radius 2 is 1.79 bits per heavy atom. The lowest BCUT2D eigenvalue weighted by Crippen LogP contribution is -2.27. The second kappa shape index (κ2) is 6.22. The molecule has 0 saturated carbocycles. The Balaban J connectivity index is 1.94. The fourth-order valence-electron chi connectivity index (χ4n) is 2.65. The third kappa shape index (κ3) is 3.25. The first-order valence-electron chi connectivity index (χ1n) is 7.48. The van der Waals surface area contributed by atoms with E-state index in [-0.39, 0.29) is 10.9 Å². The van der Waals surface area contributed by atoms with Gasteiger partial charge >= 0.3 is 5.63 Å². The normalized spacial score (nSPS) is 13.1. The highest BCUT2D eigenvalue weighted by molar-refractivity contribution is 7.89.